The van der Waals surface area contributed by atoms with Crippen LogP contribution in [-0.2, 0) is 16.1 Å². The number of methoxy groups -OCH3 is 1. The van der Waals surface area contributed by atoms with Gasteiger partial charge in [-0.25, -0.2) is 14.6 Å². The van der Waals surface area contributed by atoms with Gasteiger partial charge in [-0.15, -0.1) is 0 Å². The van der Waals surface area contributed by atoms with Crippen LogP contribution < -0.4 is 19.9 Å². The fraction of sp³-hybridized carbons (Fsp3) is 0.519. The molecule has 2 aliphatic rings. The molecule has 5 rings (SSSR count). The predicted molar refractivity (Wildman–Crippen MR) is 149 cm³/mol. The van der Waals surface area contributed by atoms with E-state index in [1.165, 1.54) is 19.3 Å². The summed E-state index contributed by atoms with van der Waals surface area (Å²) in [5, 5.41) is 9.33. The van der Waals surface area contributed by atoms with E-state index in [0.717, 1.165) is 58.7 Å². The van der Waals surface area contributed by atoms with Crippen LogP contribution in [0.2, 0.25) is 0 Å². The van der Waals surface area contributed by atoms with Crippen molar-refractivity contribution in [2.24, 2.45) is 5.92 Å². The zero-order chi connectivity index (χ0) is 26.5. The van der Waals surface area contributed by atoms with Gasteiger partial charge in [-0.3, -0.25) is 9.59 Å². The number of fused-ring (bicyclic) bond motifs is 1. The molecule has 0 saturated carbocycles. The number of hydrogen-bond donors (Lipinski definition) is 1. The van der Waals surface area contributed by atoms with E-state index in [1.807, 2.05) is 35.1 Å². The summed E-state index contributed by atoms with van der Waals surface area (Å²) in [6.07, 6.45) is 6.69. The maximum absolute atomic E-state index is 12.9. The summed E-state index contributed by atoms with van der Waals surface area (Å²) in [6.45, 7) is 5.41. The highest BCUT2D eigenvalue weighted by Gasteiger charge is 2.35. The molecule has 202 valence electrons. The van der Waals surface area contributed by atoms with Gasteiger partial charge < -0.3 is 19.9 Å². The van der Waals surface area contributed by atoms with Crippen LogP contribution in [-0.4, -0.2) is 70.6 Å². The van der Waals surface area contributed by atoms with E-state index in [2.05, 4.69) is 22.2 Å². The van der Waals surface area contributed by atoms with Crippen molar-refractivity contribution in [3.8, 4) is 5.75 Å². The third-order valence-corrected chi connectivity index (χ3v) is 8.10. The summed E-state index contributed by atoms with van der Waals surface area (Å²) in [5.41, 5.74) is 1.57. The first-order chi connectivity index (χ1) is 18.6. The SMILES string of the molecule is CCCSc1nc(N2CCCCC2)c2cnn(CCNC(=O)C3CC(=O)N(c4ccc(OC)cc4)C3)c2n1. The number of carbonyl (C=O) groups excluding carboxylic acids is 2. The van der Waals surface area contributed by atoms with E-state index in [4.69, 9.17) is 14.7 Å². The average Bonchev–Trinajstić information content (AvgIpc) is 3.55. The van der Waals surface area contributed by atoms with Crippen molar-refractivity contribution in [3.05, 3.63) is 30.5 Å². The summed E-state index contributed by atoms with van der Waals surface area (Å²) in [6, 6.07) is 7.31. The molecule has 38 heavy (non-hydrogen) atoms. The summed E-state index contributed by atoms with van der Waals surface area (Å²) >= 11 is 1.67. The molecule has 2 aliphatic heterocycles. The Morgan fingerprint density at radius 2 is 1.95 bits per heavy atom. The van der Waals surface area contributed by atoms with Gasteiger partial charge in [0.15, 0.2) is 10.8 Å². The monoisotopic (exact) mass is 537 g/mol. The molecule has 1 N–H and O–H groups in total. The van der Waals surface area contributed by atoms with Crippen LogP contribution in [0.1, 0.15) is 39.0 Å². The van der Waals surface area contributed by atoms with E-state index >= 15 is 0 Å². The maximum atomic E-state index is 12.9. The second kappa shape index (κ2) is 12.0. The fourth-order valence-corrected chi connectivity index (χ4v) is 5.70. The van der Waals surface area contributed by atoms with Gasteiger partial charge in [0.25, 0.3) is 0 Å². The lowest BCUT2D eigenvalue weighted by molar-refractivity contribution is -0.126. The number of hydrogen-bond acceptors (Lipinski definition) is 8. The van der Waals surface area contributed by atoms with Crippen LogP contribution in [0, 0.1) is 5.92 Å². The van der Waals surface area contributed by atoms with Crippen molar-refractivity contribution in [1.29, 1.82) is 0 Å². The number of amides is 2. The summed E-state index contributed by atoms with van der Waals surface area (Å²) in [5.74, 6) is 2.10. The highest BCUT2D eigenvalue weighted by Crippen LogP contribution is 2.30. The molecular weight excluding hydrogens is 502 g/mol. The molecule has 1 unspecified atom stereocenters. The number of aromatic nitrogens is 4. The van der Waals surface area contributed by atoms with Crippen LogP contribution in [0.4, 0.5) is 11.5 Å². The highest BCUT2D eigenvalue weighted by atomic mass is 32.2. The van der Waals surface area contributed by atoms with Crippen molar-refractivity contribution < 1.29 is 14.3 Å². The standard InChI is InChI=1S/C27H35N7O3S/c1-3-15-38-27-30-24(32-12-5-4-6-13-32)22-17-29-34(25(22)31-27)14-11-28-26(36)19-16-23(35)33(18-19)20-7-9-21(37-2)10-8-20/h7-10,17,19H,3-6,11-16,18H2,1-2H3,(H,28,36). The molecule has 1 atom stereocenters. The van der Waals surface area contributed by atoms with Crippen LogP contribution in [0.3, 0.4) is 0 Å². The molecule has 2 fully saturated rings. The largest absolute Gasteiger partial charge is 0.497 e. The first-order valence-electron chi connectivity index (χ1n) is 13.4. The Balaban J connectivity index is 1.23. The van der Waals surface area contributed by atoms with Crippen molar-refractivity contribution >= 4 is 46.1 Å². The Bertz CT molecular complexity index is 1270. The Morgan fingerprint density at radius 3 is 2.68 bits per heavy atom. The number of carbonyl (C=O) groups is 2. The van der Waals surface area contributed by atoms with E-state index in [-0.39, 0.29) is 24.2 Å². The van der Waals surface area contributed by atoms with Crippen LogP contribution >= 0.6 is 11.8 Å². The van der Waals surface area contributed by atoms with Crippen LogP contribution in [0.5, 0.6) is 5.75 Å². The Labute approximate surface area is 227 Å². The number of anilines is 2. The molecule has 2 aromatic heterocycles. The number of nitrogens with zero attached hydrogens (tertiary/aromatic N) is 6. The fourth-order valence-electron chi connectivity index (χ4n) is 5.01. The number of benzene rings is 1. The third-order valence-electron chi connectivity index (χ3n) is 7.05. The number of piperidine rings is 1. The Morgan fingerprint density at radius 1 is 1.16 bits per heavy atom. The first-order valence-corrected chi connectivity index (χ1v) is 14.4. The Hall–Kier alpha value is -3.34. The lowest BCUT2D eigenvalue weighted by Crippen LogP contribution is -2.35. The number of ether oxygens (including phenoxy) is 1. The molecule has 0 radical (unpaired) electrons. The van der Waals surface area contributed by atoms with Crippen molar-refractivity contribution in [2.75, 3.05) is 48.8 Å². The van der Waals surface area contributed by atoms with Gasteiger partial charge in [-0.05, 0) is 49.9 Å². The zero-order valence-electron chi connectivity index (χ0n) is 22.1. The molecule has 3 aromatic rings. The van der Waals surface area contributed by atoms with E-state index < -0.39 is 0 Å². The minimum Gasteiger partial charge on any atom is -0.497 e. The van der Waals surface area contributed by atoms with E-state index in [9.17, 15) is 9.59 Å². The molecule has 4 heterocycles. The van der Waals surface area contributed by atoms with Crippen LogP contribution in [0.15, 0.2) is 35.6 Å². The lowest BCUT2D eigenvalue weighted by atomic mass is 10.1. The van der Waals surface area contributed by atoms with E-state index in [0.29, 0.717) is 19.6 Å². The molecule has 1 aromatic carbocycles. The van der Waals surface area contributed by atoms with Crippen molar-refractivity contribution in [3.63, 3.8) is 0 Å². The summed E-state index contributed by atoms with van der Waals surface area (Å²) < 4.78 is 7.05. The Kier molecular flexibility index (Phi) is 8.31. The topological polar surface area (TPSA) is 105 Å². The molecule has 2 amide bonds. The zero-order valence-corrected chi connectivity index (χ0v) is 22.9. The lowest BCUT2D eigenvalue weighted by Gasteiger charge is -2.28. The molecular formula is C27H35N7O3S. The molecule has 10 nitrogen and oxygen atoms in total. The predicted octanol–water partition coefficient (Wildman–Crippen LogP) is 3.50. The molecule has 11 heteroatoms. The number of rotatable bonds is 10. The van der Waals surface area contributed by atoms with Gasteiger partial charge in [0.2, 0.25) is 11.8 Å². The molecule has 0 aliphatic carbocycles. The molecule has 0 bridgehead atoms. The molecule has 2 saturated heterocycles. The summed E-state index contributed by atoms with van der Waals surface area (Å²) in [4.78, 5) is 39.3. The van der Waals surface area contributed by atoms with Crippen molar-refractivity contribution in [1.82, 2.24) is 25.1 Å². The second-order valence-corrected chi connectivity index (χ2v) is 10.8. The van der Waals surface area contributed by atoms with Gasteiger partial charge in [0.05, 0.1) is 31.2 Å². The maximum Gasteiger partial charge on any atom is 0.227 e. The minimum absolute atomic E-state index is 0.0487. The average molecular weight is 538 g/mol. The quantitative estimate of drug-likeness (QED) is 0.310. The smallest absolute Gasteiger partial charge is 0.227 e. The van der Waals surface area contributed by atoms with Gasteiger partial charge >= 0.3 is 0 Å². The number of thioether (sulfide) groups is 1. The first kappa shape index (κ1) is 26.3. The highest BCUT2D eigenvalue weighted by molar-refractivity contribution is 7.99. The van der Waals surface area contributed by atoms with Crippen molar-refractivity contribution in [2.45, 2.75) is 50.7 Å². The van der Waals surface area contributed by atoms with Gasteiger partial charge in [-0.2, -0.15) is 5.10 Å². The number of nitrogens with one attached hydrogen (secondary N) is 1. The van der Waals surface area contributed by atoms with E-state index in [1.54, 1.807) is 23.8 Å². The third kappa shape index (κ3) is 5.72. The van der Waals surface area contributed by atoms with Gasteiger partial charge in [-0.1, -0.05) is 18.7 Å². The minimum atomic E-state index is -0.385. The van der Waals surface area contributed by atoms with Gasteiger partial charge in [0.1, 0.15) is 11.6 Å². The summed E-state index contributed by atoms with van der Waals surface area (Å²) in [7, 11) is 1.60. The van der Waals surface area contributed by atoms with Gasteiger partial charge in [0, 0.05) is 44.0 Å². The normalized spacial score (nSPS) is 17.8. The second-order valence-electron chi connectivity index (χ2n) is 9.73. The van der Waals surface area contributed by atoms with Crippen LogP contribution in [0.25, 0.3) is 11.0 Å². The molecule has 0 spiro atoms.